The number of hydrogen-bond acceptors (Lipinski definition) is 4. The molecule has 24 heavy (non-hydrogen) atoms. The second kappa shape index (κ2) is 6.09. The summed E-state index contributed by atoms with van der Waals surface area (Å²) in [6.45, 7) is 2.42. The van der Waals surface area contributed by atoms with Crippen molar-refractivity contribution in [3.05, 3.63) is 62.7 Å². The number of imidazole rings is 1. The minimum absolute atomic E-state index is 0.356. The van der Waals surface area contributed by atoms with Crippen molar-refractivity contribution in [3.8, 4) is 0 Å². The van der Waals surface area contributed by atoms with Gasteiger partial charge < -0.3 is 9.97 Å². The van der Waals surface area contributed by atoms with Crippen molar-refractivity contribution in [1.82, 2.24) is 24.8 Å². The van der Waals surface area contributed by atoms with Gasteiger partial charge in [-0.2, -0.15) is 0 Å². The summed E-state index contributed by atoms with van der Waals surface area (Å²) in [6.07, 6.45) is 2.01. The molecule has 7 heteroatoms. The third-order valence-corrected chi connectivity index (χ3v) is 4.59. The Morgan fingerprint density at radius 3 is 2.62 bits per heavy atom. The number of H-pyrrole nitrogens is 3. The highest BCUT2D eigenvalue weighted by Crippen LogP contribution is 2.28. The molecule has 1 aliphatic rings. The monoisotopic (exact) mass is 325 g/mol. The predicted octanol–water partition coefficient (Wildman–Crippen LogP) is 1.32. The number of rotatable bonds is 3. The van der Waals surface area contributed by atoms with Crippen LogP contribution >= 0.6 is 0 Å². The number of nitrogens with zero attached hydrogens (tertiary/aromatic N) is 2. The van der Waals surface area contributed by atoms with Gasteiger partial charge >= 0.3 is 5.69 Å². The molecule has 0 atom stereocenters. The number of fused-ring (bicyclic) bond motifs is 1. The highest BCUT2D eigenvalue weighted by molar-refractivity contribution is 5.74. The van der Waals surface area contributed by atoms with Gasteiger partial charge in [0.1, 0.15) is 5.82 Å². The van der Waals surface area contributed by atoms with Crippen LogP contribution in [0.2, 0.25) is 0 Å². The van der Waals surface area contributed by atoms with E-state index in [9.17, 15) is 9.59 Å². The second-order valence-electron chi connectivity index (χ2n) is 6.30. The summed E-state index contributed by atoms with van der Waals surface area (Å²) in [4.78, 5) is 38.0. The van der Waals surface area contributed by atoms with Crippen LogP contribution in [-0.2, 0) is 6.54 Å². The molecule has 0 saturated carbocycles. The molecule has 3 aromatic rings. The minimum Gasteiger partial charge on any atom is -0.342 e. The first-order valence-electron chi connectivity index (χ1n) is 8.17. The number of aromatic nitrogens is 4. The number of benzene rings is 1. The first kappa shape index (κ1) is 14.9. The van der Waals surface area contributed by atoms with E-state index >= 15 is 0 Å². The van der Waals surface area contributed by atoms with Crippen LogP contribution in [0.1, 0.15) is 30.3 Å². The van der Waals surface area contributed by atoms with Crippen LogP contribution in [0.5, 0.6) is 0 Å². The Balaban J connectivity index is 1.42. The van der Waals surface area contributed by atoms with E-state index in [4.69, 9.17) is 4.98 Å². The number of piperidine rings is 1. The molecule has 124 valence electrons. The summed E-state index contributed by atoms with van der Waals surface area (Å²) in [6, 6.07) is 9.53. The average molecular weight is 325 g/mol. The lowest BCUT2D eigenvalue weighted by atomic mass is 9.96. The first-order valence-corrected chi connectivity index (χ1v) is 8.17. The average Bonchev–Trinajstić information content (AvgIpc) is 2.98. The van der Waals surface area contributed by atoms with Crippen LogP contribution in [-0.4, -0.2) is 37.9 Å². The molecular formula is C17H19N5O2. The number of para-hydroxylation sites is 2. The molecular weight excluding hydrogens is 306 g/mol. The molecule has 1 aromatic carbocycles. The Kier molecular flexibility index (Phi) is 3.78. The molecule has 2 aromatic heterocycles. The van der Waals surface area contributed by atoms with E-state index in [1.165, 1.54) is 6.07 Å². The molecule has 7 nitrogen and oxygen atoms in total. The topological polar surface area (TPSA) is 97.6 Å². The number of aromatic amines is 3. The van der Waals surface area contributed by atoms with Crippen LogP contribution in [0.3, 0.4) is 0 Å². The summed E-state index contributed by atoms with van der Waals surface area (Å²) >= 11 is 0. The fraction of sp³-hybridized carbons (Fsp3) is 0.353. The van der Waals surface area contributed by atoms with Gasteiger partial charge in [0.25, 0.3) is 5.56 Å². The van der Waals surface area contributed by atoms with Crippen molar-refractivity contribution in [1.29, 1.82) is 0 Å². The van der Waals surface area contributed by atoms with Gasteiger partial charge in [-0.1, -0.05) is 12.1 Å². The van der Waals surface area contributed by atoms with Crippen LogP contribution in [0.4, 0.5) is 0 Å². The summed E-state index contributed by atoms with van der Waals surface area (Å²) in [5.74, 6) is 1.48. The standard InChI is InChI=1S/C17H19N5O2/c23-15-9-12(18-17(24)21-15)10-22-7-5-11(6-8-22)16-19-13-3-1-2-4-14(13)20-16/h1-4,9,11H,5-8,10H2,(H,19,20)(H2,18,21,23,24). The van der Waals surface area contributed by atoms with Crippen molar-refractivity contribution >= 4 is 11.0 Å². The van der Waals surface area contributed by atoms with Crippen molar-refractivity contribution in [3.63, 3.8) is 0 Å². The van der Waals surface area contributed by atoms with Gasteiger partial charge in [-0.3, -0.25) is 14.7 Å². The normalized spacial score (nSPS) is 16.7. The lowest BCUT2D eigenvalue weighted by Crippen LogP contribution is -2.34. The fourth-order valence-corrected chi connectivity index (χ4v) is 3.38. The van der Waals surface area contributed by atoms with Crippen LogP contribution in [0, 0.1) is 0 Å². The number of hydrogen-bond donors (Lipinski definition) is 3. The molecule has 1 saturated heterocycles. The zero-order valence-electron chi connectivity index (χ0n) is 13.2. The third kappa shape index (κ3) is 3.03. The van der Waals surface area contributed by atoms with Gasteiger partial charge in [0.2, 0.25) is 0 Å². The molecule has 3 N–H and O–H groups in total. The lowest BCUT2D eigenvalue weighted by molar-refractivity contribution is 0.200. The Hall–Kier alpha value is -2.67. The van der Waals surface area contributed by atoms with E-state index < -0.39 is 5.69 Å². The summed E-state index contributed by atoms with van der Waals surface area (Å²) < 4.78 is 0. The first-order chi connectivity index (χ1) is 11.7. The second-order valence-corrected chi connectivity index (χ2v) is 6.30. The Morgan fingerprint density at radius 2 is 1.88 bits per heavy atom. The Morgan fingerprint density at radius 1 is 1.08 bits per heavy atom. The lowest BCUT2D eigenvalue weighted by Gasteiger charge is -2.30. The Labute approximate surface area is 137 Å². The summed E-state index contributed by atoms with van der Waals surface area (Å²) in [5, 5.41) is 0. The van der Waals surface area contributed by atoms with Gasteiger partial charge in [0.05, 0.1) is 11.0 Å². The van der Waals surface area contributed by atoms with E-state index in [1.807, 2.05) is 24.3 Å². The Bertz CT molecular complexity index is 901. The van der Waals surface area contributed by atoms with Crippen LogP contribution in [0.15, 0.2) is 39.9 Å². The van der Waals surface area contributed by atoms with E-state index in [-0.39, 0.29) is 5.56 Å². The largest absolute Gasteiger partial charge is 0.342 e. The summed E-state index contributed by atoms with van der Waals surface area (Å²) in [7, 11) is 0. The highest BCUT2D eigenvalue weighted by atomic mass is 16.2. The highest BCUT2D eigenvalue weighted by Gasteiger charge is 2.23. The van der Waals surface area contributed by atoms with Gasteiger partial charge in [-0.15, -0.1) is 0 Å². The third-order valence-electron chi connectivity index (χ3n) is 4.59. The summed E-state index contributed by atoms with van der Waals surface area (Å²) in [5.41, 5.74) is 1.94. The van der Waals surface area contributed by atoms with Gasteiger partial charge in [-0.05, 0) is 38.1 Å². The van der Waals surface area contributed by atoms with Crippen molar-refractivity contribution in [2.24, 2.45) is 0 Å². The molecule has 0 radical (unpaired) electrons. The zero-order chi connectivity index (χ0) is 16.5. The maximum absolute atomic E-state index is 11.4. The molecule has 4 rings (SSSR count). The predicted molar refractivity (Wildman–Crippen MR) is 91.0 cm³/mol. The SMILES string of the molecule is O=c1cc(CN2CCC(c3nc4ccccc4[nH]3)CC2)[nH]c(=O)[nH]1. The van der Waals surface area contributed by atoms with Gasteiger partial charge in [0.15, 0.2) is 0 Å². The number of nitrogens with one attached hydrogen (secondary N) is 3. The molecule has 0 spiro atoms. The fourth-order valence-electron chi connectivity index (χ4n) is 3.38. The van der Waals surface area contributed by atoms with Crippen molar-refractivity contribution < 1.29 is 0 Å². The van der Waals surface area contributed by atoms with Crippen LogP contribution < -0.4 is 11.2 Å². The molecule has 0 amide bonds. The van der Waals surface area contributed by atoms with Crippen molar-refractivity contribution in [2.75, 3.05) is 13.1 Å². The zero-order valence-corrected chi connectivity index (χ0v) is 13.2. The smallest absolute Gasteiger partial charge is 0.325 e. The number of likely N-dealkylation sites (tertiary alicyclic amines) is 1. The van der Waals surface area contributed by atoms with Gasteiger partial charge in [0, 0.05) is 24.2 Å². The van der Waals surface area contributed by atoms with Crippen molar-refractivity contribution in [2.45, 2.75) is 25.3 Å². The van der Waals surface area contributed by atoms with Crippen LogP contribution in [0.25, 0.3) is 11.0 Å². The molecule has 0 aliphatic carbocycles. The molecule has 0 unspecified atom stereocenters. The van der Waals surface area contributed by atoms with E-state index in [1.54, 1.807) is 0 Å². The van der Waals surface area contributed by atoms with E-state index in [0.717, 1.165) is 42.8 Å². The maximum Gasteiger partial charge on any atom is 0.325 e. The minimum atomic E-state index is -0.449. The molecule has 0 bridgehead atoms. The van der Waals surface area contributed by atoms with E-state index in [2.05, 4.69) is 19.9 Å². The molecule has 1 aliphatic heterocycles. The quantitative estimate of drug-likeness (QED) is 0.676. The molecule has 1 fully saturated rings. The maximum atomic E-state index is 11.4. The van der Waals surface area contributed by atoms with Gasteiger partial charge in [-0.25, -0.2) is 9.78 Å². The van der Waals surface area contributed by atoms with E-state index in [0.29, 0.717) is 18.2 Å². The molecule has 3 heterocycles.